The Labute approximate surface area is 114 Å². The molecule has 3 N–H and O–H groups in total. The van der Waals surface area contributed by atoms with Gasteiger partial charge >= 0.3 is 0 Å². The van der Waals surface area contributed by atoms with Gasteiger partial charge in [-0.3, -0.25) is 0 Å². The van der Waals surface area contributed by atoms with Crippen LogP contribution in [0.1, 0.15) is 24.9 Å². The fourth-order valence-corrected chi connectivity index (χ4v) is 2.14. The predicted molar refractivity (Wildman–Crippen MR) is 75.0 cm³/mol. The van der Waals surface area contributed by atoms with Crippen molar-refractivity contribution < 1.29 is 13.2 Å². The van der Waals surface area contributed by atoms with E-state index in [0.29, 0.717) is 6.61 Å². The summed E-state index contributed by atoms with van der Waals surface area (Å²) in [7, 11) is -3.62. The maximum absolute atomic E-state index is 11.1. The predicted octanol–water partition coefficient (Wildman–Crippen LogP) is 1.53. The number of nitrogens with one attached hydrogen (secondary N) is 1. The normalized spacial score (nSPS) is 12.9. The van der Waals surface area contributed by atoms with Crippen LogP contribution < -0.4 is 10.5 Å². The summed E-state index contributed by atoms with van der Waals surface area (Å²) in [6.45, 7) is 6.93. The molecule has 0 amide bonds. The number of hydrogen-bond donors (Lipinski definition) is 2. The first-order valence-electron chi connectivity index (χ1n) is 6.04. The molecule has 19 heavy (non-hydrogen) atoms. The molecule has 1 aromatic carbocycles. The number of primary sulfonamides is 1. The van der Waals surface area contributed by atoms with E-state index in [2.05, 4.69) is 11.9 Å². The topological polar surface area (TPSA) is 81.4 Å². The number of benzene rings is 1. The Morgan fingerprint density at radius 1 is 1.42 bits per heavy atom. The van der Waals surface area contributed by atoms with Gasteiger partial charge in [0, 0.05) is 6.04 Å². The summed E-state index contributed by atoms with van der Waals surface area (Å²) < 4.78 is 27.3. The van der Waals surface area contributed by atoms with Gasteiger partial charge in [-0.15, -0.1) is 0 Å². The maximum atomic E-state index is 11.1. The van der Waals surface area contributed by atoms with Crippen LogP contribution in [0.4, 0.5) is 0 Å². The number of rotatable bonds is 8. The molecule has 0 aliphatic heterocycles. The van der Waals surface area contributed by atoms with Crippen LogP contribution in [0.5, 0.6) is 0 Å². The van der Waals surface area contributed by atoms with E-state index >= 15 is 0 Å². The second-order valence-corrected chi connectivity index (χ2v) is 5.74. The fraction of sp³-hybridized carbons (Fsp3) is 0.385. The second kappa shape index (κ2) is 7.28. The van der Waals surface area contributed by atoms with Crippen LogP contribution in [0.2, 0.25) is 0 Å². The minimum Gasteiger partial charge on any atom is -0.502 e. The minimum atomic E-state index is -3.62. The Bertz CT molecular complexity index is 497. The van der Waals surface area contributed by atoms with E-state index in [1.807, 2.05) is 6.92 Å². The van der Waals surface area contributed by atoms with Crippen molar-refractivity contribution in [2.24, 2.45) is 5.14 Å². The molecule has 0 saturated carbocycles. The molecule has 0 heterocycles. The highest BCUT2D eigenvalue weighted by Gasteiger charge is 2.09. The average Bonchev–Trinajstić information content (AvgIpc) is 2.37. The van der Waals surface area contributed by atoms with Gasteiger partial charge in [0.2, 0.25) is 10.0 Å². The van der Waals surface area contributed by atoms with Gasteiger partial charge < -0.3 is 10.1 Å². The van der Waals surface area contributed by atoms with Crippen LogP contribution >= 0.6 is 0 Å². The smallest absolute Gasteiger partial charge is 0.238 e. The number of nitrogens with two attached hydrogens (primary N) is 1. The molecule has 0 spiro atoms. The second-order valence-electron chi connectivity index (χ2n) is 4.18. The minimum absolute atomic E-state index is 0.128. The molecule has 0 aliphatic rings. The van der Waals surface area contributed by atoms with Crippen molar-refractivity contribution in [1.29, 1.82) is 0 Å². The van der Waals surface area contributed by atoms with Crippen molar-refractivity contribution in [3.63, 3.8) is 0 Å². The third kappa shape index (κ3) is 5.42. The highest BCUT2D eigenvalue weighted by atomic mass is 32.2. The van der Waals surface area contributed by atoms with Crippen LogP contribution in [0, 0.1) is 0 Å². The van der Waals surface area contributed by atoms with Crippen LogP contribution in [0.3, 0.4) is 0 Å². The third-order valence-corrected chi connectivity index (χ3v) is 3.65. The van der Waals surface area contributed by atoms with Gasteiger partial charge in [-0.05, 0) is 37.6 Å². The maximum Gasteiger partial charge on any atom is 0.238 e. The summed E-state index contributed by atoms with van der Waals surface area (Å²) in [5.41, 5.74) is 1.01. The largest absolute Gasteiger partial charge is 0.502 e. The van der Waals surface area contributed by atoms with Gasteiger partial charge in [0.15, 0.2) is 0 Å². The molecule has 106 valence electrons. The van der Waals surface area contributed by atoms with Crippen LogP contribution in [-0.4, -0.2) is 21.6 Å². The van der Waals surface area contributed by atoms with Crippen molar-refractivity contribution >= 4 is 10.0 Å². The lowest BCUT2D eigenvalue weighted by Gasteiger charge is -2.14. The quantitative estimate of drug-likeness (QED) is 0.560. The zero-order valence-corrected chi connectivity index (χ0v) is 11.8. The van der Waals surface area contributed by atoms with E-state index in [0.717, 1.165) is 18.5 Å². The molecule has 0 aliphatic carbocycles. The molecule has 1 unspecified atom stereocenters. The molecule has 6 heteroatoms. The standard InChI is InChI=1S/C13H20N2O3S/c1-3-18-10-4-9-15-11(2)12-5-7-13(8-6-12)19(14,16)17/h3,5-8,11,15H,1,4,9-10H2,2H3,(H2,14,16,17). The van der Waals surface area contributed by atoms with E-state index in [1.54, 1.807) is 12.1 Å². The lowest BCUT2D eigenvalue weighted by molar-refractivity contribution is 0.243. The van der Waals surface area contributed by atoms with Gasteiger partial charge in [-0.25, -0.2) is 13.6 Å². The van der Waals surface area contributed by atoms with Crippen molar-refractivity contribution in [1.82, 2.24) is 5.32 Å². The SMILES string of the molecule is C=COCCCNC(C)c1ccc(S(N)(=O)=O)cc1. The van der Waals surface area contributed by atoms with E-state index in [1.165, 1.54) is 18.4 Å². The van der Waals surface area contributed by atoms with Crippen molar-refractivity contribution in [3.8, 4) is 0 Å². The van der Waals surface area contributed by atoms with Crippen LogP contribution in [0.25, 0.3) is 0 Å². The average molecular weight is 284 g/mol. The summed E-state index contributed by atoms with van der Waals surface area (Å²) in [4.78, 5) is 0.128. The molecule has 5 nitrogen and oxygen atoms in total. The van der Waals surface area contributed by atoms with Gasteiger partial charge in [0.05, 0.1) is 17.8 Å². The van der Waals surface area contributed by atoms with E-state index < -0.39 is 10.0 Å². The van der Waals surface area contributed by atoms with Crippen molar-refractivity contribution in [2.45, 2.75) is 24.3 Å². The molecule has 0 bridgehead atoms. The van der Waals surface area contributed by atoms with E-state index in [4.69, 9.17) is 9.88 Å². The number of sulfonamides is 1. The first-order chi connectivity index (χ1) is 8.95. The fourth-order valence-electron chi connectivity index (χ4n) is 1.62. The summed E-state index contributed by atoms with van der Waals surface area (Å²) in [5, 5.41) is 8.37. The van der Waals surface area contributed by atoms with E-state index in [9.17, 15) is 8.42 Å². The summed E-state index contributed by atoms with van der Waals surface area (Å²) in [6, 6.07) is 6.70. The number of hydrogen-bond acceptors (Lipinski definition) is 4. The Hall–Kier alpha value is -1.37. The van der Waals surface area contributed by atoms with Gasteiger partial charge in [0.25, 0.3) is 0 Å². The third-order valence-electron chi connectivity index (χ3n) is 2.72. The monoisotopic (exact) mass is 284 g/mol. The Morgan fingerprint density at radius 3 is 2.58 bits per heavy atom. The highest BCUT2D eigenvalue weighted by Crippen LogP contribution is 2.15. The first-order valence-corrected chi connectivity index (χ1v) is 7.58. The van der Waals surface area contributed by atoms with Crippen molar-refractivity contribution in [3.05, 3.63) is 42.7 Å². The van der Waals surface area contributed by atoms with Crippen molar-refractivity contribution in [2.75, 3.05) is 13.2 Å². The van der Waals surface area contributed by atoms with E-state index in [-0.39, 0.29) is 10.9 Å². The summed E-state index contributed by atoms with van der Waals surface area (Å²) in [6.07, 6.45) is 2.31. The van der Waals surface area contributed by atoms with Crippen LogP contribution in [-0.2, 0) is 14.8 Å². The zero-order chi connectivity index (χ0) is 14.3. The van der Waals surface area contributed by atoms with Gasteiger partial charge in [-0.2, -0.15) is 0 Å². The lowest BCUT2D eigenvalue weighted by atomic mass is 10.1. The summed E-state index contributed by atoms with van der Waals surface area (Å²) >= 11 is 0. The molecule has 0 saturated heterocycles. The molecule has 0 aromatic heterocycles. The molecule has 0 radical (unpaired) electrons. The molecule has 1 aromatic rings. The van der Waals surface area contributed by atoms with Gasteiger partial charge in [-0.1, -0.05) is 18.7 Å². The van der Waals surface area contributed by atoms with Gasteiger partial charge in [0.1, 0.15) is 0 Å². The Balaban J connectivity index is 2.49. The molecular formula is C13H20N2O3S. The molecule has 1 rings (SSSR count). The summed E-state index contributed by atoms with van der Waals surface area (Å²) in [5.74, 6) is 0. The Morgan fingerprint density at radius 2 is 2.05 bits per heavy atom. The zero-order valence-electron chi connectivity index (χ0n) is 11.0. The highest BCUT2D eigenvalue weighted by molar-refractivity contribution is 7.89. The Kier molecular flexibility index (Phi) is 6.01. The first kappa shape index (κ1) is 15.7. The lowest BCUT2D eigenvalue weighted by Crippen LogP contribution is -2.21. The molecule has 1 atom stereocenters. The molecular weight excluding hydrogens is 264 g/mol. The van der Waals surface area contributed by atoms with Crippen LogP contribution in [0.15, 0.2) is 42.0 Å². The molecule has 0 fully saturated rings. The number of ether oxygens (including phenoxy) is 1.